The third kappa shape index (κ3) is 4.72. The van der Waals surface area contributed by atoms with Gasteiger partial charge >= 0.3 is 0 Å². The Hall–Kier alpha value is -2.53. The van der Waals surface area contributed by atoms with Gasteiger partial charge in [-0.25, -0.2) is 0 Å². The third-order valence-corrected chi connectivity index (χ3v) is 7.17. The summed E-state index contributed by atoms with van der Waals surface area (Å²) < 4.78 is 11.1. The Bertz CT molecular complexity index is 904. The second-order valence-electron chi connectivity index (χ2n) is 9.01. The molecule has 2 aromatic carbocycles. The van der Waals surface area contributed by atoms with Crippen LogP contribution in [0.1, 0.15) is 36.0 Å². The molecule has 1 aliphatic carbocycles. The van der Waals surface area contributed by atoms with Gasteiger partial charge in [0.25, 0.3) is 0 Å². The van der Waals surface area contributed by atoms with Crippen molar-refractivity contribution in [1.82, 2.24) is 10.2 Å². The maximum absolute atomic E-state index is 12.7. The van der Waals surface area contributed by atoms with Crippen molar-refractivity contribution in [2.75, 3.05) is 33.9 Å². The van der Waals surface area contributed by atoms with Crippen LogP contribution in [0, 0.1) is 18.3 Å². The van der Waals surface area contributed by atoms with E-state index in [4.69, 9.17) is 9.47 Å². The fourth-order valence-electron chi connectivity index (χ4n) is 5.13. The minimum absolute atomic E-state index is 0.197. The highest BCUT2D eigenvalue weighted by atomic mass is 16.5. The molecule has 0 aromatic heterocycles. The molecular weight excluding hydrogens is 388 g/mol. The van der Waals surface area contributed by atoms with Crippen LogP contribution in [0.2, 0.25) is 0 Å². The fraction of sp³-hybridized carbons (Fsp3) is 0.500. The van der Waals surface area contributed by atoms with E-state index in [9.17, 15) is 4.79 Å². The van der Waals surface area contributed by atoms with Crippen molar-refractivity contribution in [1.29, 1.82) is 0 Å². The second-order valence-corrected chi connectivity index (χ2v) is 9.01. The Morgan fingerprint density at radius 3 is 2.52 bits per heavy atom. The minimum Gasteiger partial charge on any atom is -0.496 e. The molecule has 1 saturated heterocycles. The molecule has 1 saturated carbocycles. The van der Waals surface area contributed by atoms with Crippen molar-refractivity contribution in [3.05, 3.63) is 59.2 Å². The highest BCUT2D eigenvalue weighted by Gasteiger charge is 2.58. The number of nitrogens with one attached hydrogen (secondary N) is 1. The van der Waals surface area contributed by atoms with Crippen LogP contribution in [-0.4, -0.2) is 44.7 Å². The second kappa shape index (κ2) is 9.31. The largest absolute Gasteiger partial charge is 0.496 e. The van der Waals surface area contributed by atoms with E-state index in [0.29, 0.717) is 0 Å². The zero-order valence-electron chi connectivity index (χ0n) is 18.9. The lowest BCUT2D eigenvalue weighted by Gasteiger charge is -2.33. The van der Waals surface area contributed by atoms with Gasteiger partial charge in [-0.05, 0) is 62.7 Å². The van der Waals surface area contributed by atoms with Crippen molar-refractivity contribution in [2.45, 2.75) is 39.2 Å². The van der Waals surface area contributed by atoms with Crippen molar-refractivity contribution in [3.8, 4) is 11.5 Å². The van der Waals surface area contributed by atoms with Crippen LogP contribution in [0.25, 0.3) is 0 Å². The predicted octanol–water partition coefficient (Wildman–Crippen LogP) is 3.97. The zero-order chi connectivity index (χ0) is 21.8. The molecule has 0 radical (unpaired) electrons. The molecule has 31 heavy (non-hydrogen) atoms. The van der Waals surface area contributed by atoms with Gasteiger partial charge in [0.05, 0.1) is 14.2 Å². The van der Waals surface area contributed by atoms with Crippen LogP contribution in [0.5, 0.6) is 11.5 Å². The van der Waals surface area contributed by atoms with Crippen molar-refractivity contribution in [2.24, 2.45) is 11.3 Å². The number of hydrogen-bond donors (Lipinski definition) is 1. The number of rotatable bonds is 8. The molecule has 2 aliphatic rings. The normalized spacial score (nSPS) is 19.8. The average molecular weight is 423 g/mol. The molecule has 1 aliphatic heterocycles. The molecule has 1 spiro atoms. The van der Waals surface area contributed by atoms with Gasteiger partial charge in [0.15, 0.2) is 0 Å². The van der Waals surface area contributed by atoms with Crippen LogP contribution in [0.15, 0.2) is 42.5 Å². The topological polar surface area (TPSA) is 50.8 Å². The first kappa shape index (κ1) is 21.7. The summed E-state index contributed by atoms with van der Waals surface area (Å²) in [6.45, 7) is 5.69. The van der Waals surface area contributed by atoms with Crippen LogP contribution < -0.4 is 14.8 Å². The van der Waals surface area contributed by atoms with Gasteiger partial charge in [0.2, 0.25) is 5.91 Å². The van der Waals surface area contributed by atoms with Gasteiger partial charge in [0, 0.05) is 30.1 Å². The van der Waals surface area contributed by atoms with E-state index in [0.717, 1.165) is 68.9 Å². The highest BCUT2D eigenvalue weighted by molar-refractivity contribution is 5.82. The molecule has 2 aromatic rings. The number of amides is 1. The SMILES string of the molecule is COc1ccc(CN2CCC3(CC2)C[C@@H]3C(=O)NCCc2ccccc2)c(OC)c1C. The summed E-state index contributed by atoms with van der Waals surface area (Å²) in [6.07, 6.45) is 4.13. The smallest absolute Gasteiger partial charge is 0.223 e. The van der Waals surface area contributed by atoms with E-state index in [1.54, 1.807) is 14.2 Å². The molecule has 1 atom stereocenters. The number of carbonyl (C=O) groups is 1. The Kier molecular flexibility index (Phi) is 6.51. The van der Waals surface area contributed by atoms with Crippen LogP contribution in [-0.2, 0) is 17.8 Å². The zero-order valence-corrected chi connectivity index (χ0v) is 18.9. The number of carbonyl (C=O) groups excluding carboxylic acids is 1. The fourth-order valence-corrected chi connectivity index (χ4v) is 5.13. The lowest BCUT2D eigenvalue weighted by molar-refractivity contribution is -0.123. The third-order valence-electron chi connectivity index (χ3n) is 7.17. The van der Waals surface area contributed by atoms with Gasteiger partial charge in [-0.3, -0.25) is 9.69 Å². The molecule has 5 heteroatoms. The lowest BCUT2D eigenvalue weighted by atomic mass is 9.90. The van der Waals surface area contributed by atoms with E-state index in [2.05, 4.69) is 28.4 Å². The number of nitrogens with zero attached hydrogens (tertiary/aromatic N) is 1. The van der Waals surface area contributed by atoms with E-state index >= 15 is 0 Å². The number of hydrogen-bond acceptors (Lipinski definition) is 4. The highest BCUT2D eigenvalue weighted by Crippen LogP contribution is 2.59. The van der Waals surface area contributed by atoms with Gasteiger partial charge in [-0.15, -0.1) is 0 Å². The monoisotopic (exact) mass is 422 g/mol. The van der Waals surface area contributed by atoms with E-state index in [1.165, 1.54) is 11.1 Å². The van der Waals surface area contributed by atoms with Gasteiger partial charge < -0.3 is 14.8 Å². The number of benzene rings is 2. The Morgan fingerprint density at radius 1 is 1.10 bits per heavy atom. The maximum atomic E-state index is 12.7. The van der Waals surface area contributed by atoms with Crippen LogP contribution in [0.4, 0.5) is 0 Å². The molecule has 1 amide bonds. The number of piperidine rings is 1. The number of ether oxygens (including phenoxy) is 2. The summed E-state index contributed by atoms with van der Waals surface area (Å²) in [5.74, 6) is 2.22. The van der Waals surface area contributed by atoms with Crippen molar-refractivity contribution >= 4 is 5.91 Å². The van der Waals surface area contributed by atoms with E-state index < -0.39 is 0 Å². The van der Waals surface area contributed by atoms with Gasteiger partial charge in [0.1, 0.15) is 11.5 Å². The molecule has 2 fully saturated rings. The maximum Gasteiger partial charge on any atom is 0.223 e. The Morgan fingerprint density at radius 2 is 1.84 bits per heavy atom. The van der Waals surface area contributed by atoms with Crippen molar-refractivity contribution < 1.29 is 14.3 Å². The first-order chi connectivity index (χ1) is 15.1. The van der Waals surface area contributed by atoms with Crippen LogP contribution in [0.3, 0.4) is 0 Å². The van der Waals surface area contributed by atoms with E-state index in [-0.39, 0.29) is 17.2 Å². The molecule has 166 valence electrons. The van der Waals surface area contributed by atoms with Crippen molar-refractivity contribution in [3.63, 3.8) is 0 Å². The molecule has 1 N–H and O–H groups in total. The van der Waals surface area contributed by atoms with E-state index in [1.807, 2.05) is 31.2 Å². The van der Waals surface area contributed by atoms with Crippen LogP contribution >= 0.6 is 0 Å². The minimum atomic E-state index is 0.197. The molecule has 0 bridgehead atoms. The summed E-state index contributed by atoms with van der Waals surface area (Å²) in [7, 11) is 3.41. The first-order valence-corrected chi connectivity index (χ1v) is 11.3. The summed E-state index contributed by atoms with van der Waals surface area (Å²) in [5.41, 5.74) is 3.74. The summed E-state index contributed by atoms with van der Waals surface area (Å²) in [4.78, 5) is 15.2. The number of methoxy groups -OCH3 is 2. The molecular formula is C26H34N2O3. The first-order valence-electron chi connectivity index (χ1n) is 11.3. The lowest BCUT2D eigenvalue weighted by Crippen LogP contribution is -2.37. The summed E-state index contributed by atoms with van der Waals surface area (Å²) >= 11 is 0. The Labute approximate surface area is 185 Å². The molecule has 1 heterocycles. The molecule has 5 nitrogen and oxygen atoms in total. The Balaban J connectivity index is 1.26. The van der Waals surface area contributed by atoms with Gasteiger partial charge in [-0.1, -0.05) is 36.4 Å². The summed E-state index contributed by atoms with van der Waals surface area (Å²) in [6, 6.07) is 14.5. The standard InChI is InChI=1S/C26H34N2O3/c1-19-23(30-2)10-9-21(24(19)31-3)18-28-15-12-26(13-16-28)17-22(26)25(29)27-14-11-20-7-5-4-6-8-20/h4-10,22H,11-18H2,1-3H3,(H,27,29)/t22-/m1/s1. The summed E-state index contributed by atoms with van der Waals surface area (Å²) in [5, 5.41) is 3.17. The molecule has 0 unspecified atom stereocenters. The van der Waals surface area contributed by atoms with Gasteiger partial charge in [-0.2, -0.15) is 0 Å². The quantitative estimate of drug-likeness (QED) is 0.699. The predicted molar refractivity (Wildman–Crippen MR) is 122 cm³/mol. The average Bonchev–Trinajstić information content (AvgIpc) is 3.50. The molecule has 4 rings (SSSR count). The number of likely N-dealkylation sites (tertiary alicyclic amines) is 1.